The monoisotopic (exact) mass is 796 g/mol. The first-order valence-electron chi connectivity index (χ1n) is 13.5. The molecule has 0 aliphatic heterocycles. The number of benzene rings is 5. The van der Waals surface area contributed by atoms with Gasteiger partial charge in [0.1, 0.15) is 0 Å². The SMILES string of the molecule is ClB(Cl)c1ccccc1.FB(F)c1ccccc1.Fc1c(F)c(F)c(B(c2c(F)c(F)c(F)c(F)c2F)c2c(F)c(F)c(F)c(F)c2F)c(F)c1F. The van der Waals surface area contributed by atoms with Crippen molar-refractivity contribution >= 4 is 69.8 Å². The highest BCUT2D eigenvalue weighted by Crippen LogP contribution is 2.23. The third kappa shape index (κ3) is 8.49. The highest BCUT2D eigenvalue weighted by atomic mass is 35.5. The van der Waals surface area contributed by atoms with Gasteiger partial charge in [0.25, 0.3) is 6.71 Å². The summed E-state index contributed by atoms with van der Waals surface area (Å²) < 4.78 is 232. The normalized spacial score (nSPS) is 10.6. The van der Waals surface area contributed by atoms with Crippen molar-refractivity contribution in [2.45, 2.75) is 0 Å². The summed E-state index contributed by atoms with van der Waals surface area (Å²) in [6.45, 7) is -3.96. The Balaban J connectivity index is 0.000000327. The molecule has 0 atom stereocenters. The van der Waals surface area contributed by atoms with Crippen LogP contribution in [0.3, 0.4) is 0 Å². The van der Waals surface area contributed by atoms with Crippen molar-refractivity contribution in [2.24, 2.45) is 0 Å². The van der Waals surface area contributed by atoms with Gasteiger partial charge in [-0.1, -0.05) is 60.7 Å². The van der Waals surface area contributed by atoms with Crippen LogP contribution in [0.5, 0.6) is 0 Å². The lowest BCUT2D eigenvalue weighted by molar-refractivity contribution is 0.380. The van der Waals surface area contributed by atoms with Crippen LogP contribution in [-0.2, 0) is 0 Å². The van der Waals surface area contributed by atoms with Crippen LogP contribution in [-0.4, -0.2) is 19.5 Å². The molecule has 0 aliphatic carbocycles. The van der Waals surface area contributed by atoms with Crippen molar-refractivity contribution < 1.29 is 74.5 Å². The lowest BCUT2D eigenvalue weighted by Crippen LogP contribution is -2.60. The van der Waals surface area contributed by atoms with Crippen LogP contribution >= 0.6 is 22.9 Å². The molecular weight excluding hydrogens is 787 g/mol. The molecule has 52 heavy (non-hydrogen) atoms. The van der Waals surface area contributed by atoms with E-state index in [9.17, 15) is 74.5 Å². The molecule has 272 valence electrons. The molecule has 0 heterocycles. The molecule has 0 N–H and O–H groups in total. The summed E-state index contributed by atoms with van der Waals surface area (Å²) in [6, 6.07) is 17.3. The summed E-state index contributed by atoms with van der Waals surface area (Å²) in [5.41, 5.74) is -7.40. The van der Waals surface area contributed by atoms with Gasteiger partial charge in [-0.2, -0.15) is 22.9 Å². The lowest BCUT2D eigenvalue weighted by atomic mass is 9.36. The van der Waals surface area contributed by atoms with Crippen molar-refractivity contribution in [3.8, 4) is 0 Å². The lowest BCUT2D eigenvalue weighted by Gasteiger charge is -2.21. The van der Waals surface area contributed by atoms with Gasteiger partial charge in [-0.25, -0.2) is 65.9 Å². The standard InChI is InChI=1S/C18BF15.C6H5BCl2.C6H5BF2/c20-4-1(5(21)11(27)16(32)10(4)26)19(2-6(22)12(28)17(33)13(29)7(2)23)3-8(24)14(30)18(34)15(31)9(3)25;2*8-7(9)6-4-2-1-3-5-6/h;2*1-5H. The molecule has 5 rings (SSSR count). The molecule has 0 aliphatic rings. The van der Waals surface area contributed by atoms with Gasteiger partial charge in [0.2, 0.25) is 0 Å². The summed E-state index contributed by atoms with van der Waals surface area (Å²) in [5, 5.41) is 0. The summed E-state index contributed by atoms with van der Waals surface area (Å²) in [6.07, 6.45) is 0. The minimum absolute atomic E-state index is 0.0810. The van der Waals surface area contributed by atoms with Gasteiger partial charge in [0, 0.05) is 16.4 Å². The van der Waals surface area contributed by atoms with E-state index < -0.39 is 123 Å². The van der Waals surface area contributed by atoms with Crippen molar-refractivity contribution in [3.05, 3.63) is 148 Å². The maximum absolute atomic E-state index is 14.4. The molecule has 0 saturated carbocycles. The van der Waals surface area contributed by atoms with Gasteiger partial charge >= 0.3 is 12.8 Å². The molecule has 0 unspecified atom stereocenters. The molecule has 5 aromatic rings. The number of halogens is 19. The summed E-state index contributed by atoms with van der Waals surface area (Å²) in [5.74, 6) is -45.2. The fourth-order valence-electron chi connectivity index (χ4n) is 4.26. The fourth-order valence-corrected chi connectivity index (χ4v) is 4.55. The van der Waals surface area contributed by atoms with E-state index in [1.165, 1.54) is 12.1 Å². The molecule has 22 heteroatoms. The first-order valence-corrected chi connectivity index (χ1v) is 14.3. The van der Waals surface area contributed by atoms with Crippen LogP contribution in [0.2, 0.25) is 0 Å². The van der Waals surface area contributed by atoms with Crippen LogP contribution in [0.4, 0.5) is 74.5 Å². The van der Waals surface area contributed by atoms with Crippen molar-refractivity contribution in [3.63, 3.8) is 0 Å². The first-order chi connectivity index (χ1) is 24.3. The zero-order valence-corrected chi connectivity index (χ0v) is 26.2. The molecule has 0 radical (unpaired) electrons. The second-order valence-corrected chi connectivity index (χ2v) is 10.9. The van der Waals surface area contributed by atoms with Crippen molar-refractivity contribution in [1.29, 1.82) is 0 Å². The van der Waals surface area contributed by atoms with E-state index >= 15 is 0 Å². The molecule has 0 aromatic heterocycles. The highest BCUT2D eigenvalue weighted by Gasteiger charge is 2.45. The van der Waals surface area contributed by atoms with Crippen LogP contribution in [0.1, 0.15) is 0 Å². The van der Waals surface area contributed by atoms with Gasteiger partial charge < -0.3 is 0 Å². The molecular formula is C30H10B3Cl2F17. The Bertz CT molecular complexity index is 1780. The maximum Gasteiger partial charge on any atom is 0.571 e. The van der Waals surface area contributed by atoms with E-state index in [2.05, 4.69) is 0 Å². The Morgan fingerprint density at radius 1 is 0.308 bits per heavy atom. The molecule has 0 nitrogen and oxygen atoms in total. The minimum atomic E-state index is -3.96. The van der Waals surface area contributed by atoms with E-state index in [0.29, 0.717) is 0 Å². The fraction of sp³-hybridized carbons (Fsp3) is 0. The quantitative estimate of drug-likeness (QED) is 0.0751. The molecule has 0 spiro atoms. The topological polar surface area (TPSA) is 0 Å². The highest BCUT2D eigenvalue weighted by molar-refractivity contribution is 7.39. The Kier molecular flexibility index (Phi) is 14.1. The number of hydrogen-bond acceptors (Lipinski definition) is 0. The van der Waals surface area contributed by atoms with E-state index in [1.54, 1.807) is 18.2 Å². The van der Waals surface area contributed by atoms with Crippen LogP contribution < -0.4 is 27.3 Å². The smallest absolute Gasteiger partial charge is 0.281 e. The van der Waals surface area contributed by atoms with Crippen LogP contribution in [0.15, 0.2) is 60.7 Å². The molecule has 0 bridgehead atoms. The van der Waals surface area contributed by atoms with E-state index in [-0.39, 0.29) is 5.46 Å². The van der Waals surface area contributed by atoms with Gasteiger partial charge in [0.05, 0.1) is 0 Å². The Labute approximate surface area is 291 Å². The molecule has 0 fully saturated rings. The Morgan fingerprint density at radius 2 is 0.519 bits per heavy atom. The zero-order chi connectivity index (χ0) is 39.4. The molecule has 5 aromatic carbocycles. The summed E-state index contributed by atoms with van der Waals surface area (Å²) in [7, 11) is -2.34. The van der Waals surface area contributed by atoms with E-state index in [0.717, 1.165) is 5.46 Å². The first kappa shape index (κ1) is 42.1. The van der Waals surface area contributed by atoms with Gasteiger partial charge in [0.15, 0.2) is 87.3 Å². The number of rotatable bonds is 5. The van der Waals surface area contributed by atoms with Crippen molar-refractivity contribution in [1.82, 2.24) is 0 Å². The van der Waals surface area contributed by atoms with Crippen LogP contribution in [0.25, 0.3) is 0 Å². The minimum Gasteiger partial charge on any atom is -0.281 e. The predicted octanol–water partition coefficient (Wildman–Crippen LogP) is 7.47. The van der Waals surface area contributed by atoms with Gasteiger partial charge in [-0.15, -0.1) is 0 Å². The third-order valence-electron chi connectivity index (χ3n) is 6.70. The average molecular weight is 797 g/mol. The largest absolute Gasteiger partial charge is 0.571 e. The van der Waals surface area contributed by atoms with E-state index in [4.69, 9.17) is 22.9 Å². The second-order valence-electron chi connectivity index (χ2n) is 9.81. The summed E-state index contributed by atoms with van der Waals surface area (Å²) in [4.78, 5) is 0. The van der Waals surface area contributed by atoms with E-state index in [1.807, 2.05) is 30.3 Å². The maximum atomic E-state index is 14.4. The Morgan fingerprint density at radius 3 is 0.692 bits per heavy atom. The molecule has 0 amide bonds. The Hall–Kier alpha value is -4.32. The zero-order valence-electron chi connectivity index (χ0n) is 24.7. The van der Waals surface area contributed by atoms with Crippen LogP contribution in [0, 0.1) is 87.3 Å². The second kappa shape index (κ2) is 17.5. The summed E-state index contributed by atoms with van der Waals surface area (Å²) >= 11 is 11.1. The predicted molar refractivity (Wildman–Crippen MR) is 161 cm³/mol. The van der Waals surface area contributed by atoms with Crippen molar-refractivity contribution in [2.75, 3.05) is 0 Å². The average Bonchev–Trinajstić information content (AvgIpc) is 3.14. The molecule has 0 saturated heterocycles. The number of hydrogen-bond donors (Lipinski definition) is 0. The third-order valence-corrected chi connectivity index (χ3v) is 7.20. The van der Waals surface area contributed by atoms with Gasteiger partial charge in [-0.3, -0.25) is 8.63 Å². The van der Waals surface area contributed by atoms with Gasteiger partial charge in [-0.05, 0) is 10.9 Å².